The highest BCUT2D eigenvalue weighted by Gasteiger charge is 2.32. The monoisotopic (exact) mass is 408 g/mol. The minimum atomic E-state index is -3.70. The van der Waals surface area contributed by atoms with Crippen LogP contribution >= 0.6 is 11.6 Å². The standard InChI is InChI=1S/C20H25ClN2O3S/c1-6-19(20(24)22-18-10-7-13(2)11-15(18)4)23(27(5,25)26)16-9-8-14(3)17(21)12-16/h7-12,19H,6H2,1-5H3,(H,22,24)/t19-/m1/s1. The van der Waals surface area contributed by atoms with Gasteiger partial charge in [-0.3, -0.25) is 9.10 Å². The molecule has 0 aliphatic rings. The lowest BCUT2D eigenvalue weighted by molar-refractivity contribution is -0.117. The summed E-state index contributed by atoms with van der Waals surface area (Å²) in [4.78, 5) is 12.9. The largest absolute Gasteiger partial charge is 0.324 e. The summed E-state index contributed by atoms with van der Waals surface area (Å²) in [5.74, 6) is -0.383. The maximum absolute atomic E-state index is 12.9. The Labute approximate surface area is 166 Å². The lowest BCUT2D eigenvalue weighted by Crippen LogP contribution is -2.47. The van der Waals surface area contributed by atoms with Crippen LogP contribution in [-0.4, -0.2) is 26.6 Å². The summed E-state index contributed by atoms with van der Waals surface area (Å²) in [5, 5.41) is 3.31. The second kappa shape index (κ2) is 8.31. The maximum Gasteiger partial charge on any atom is 0.248 e. The minimum Gasteiger partial charge on any atom is -0.324 e. The number of nitrogens with zero attached hydrogens (tertiary/aromatic N) is 1. The van der Waals surface area contributed by atoms with Crippen LogP contribution in [0.4, 0.5) is 11.4 Å². The molecule has 0 aromatic heterocycles. The zero-order chi connectivity index (χ0) is 20.4. The van der Waals surface area contributed by atoms with Gasteiger partial charge < -0.3 is 5.32 Å². The molecule has 0 unspecified atom stereocenters. The summed E-state index contributed by atoms with van der Waals surface area (Å²) in [5.41, 5.74) is 3.88. The molecule has 0 radical (unpaired) electrons. The number of benzene rings is 2. The van der Waals surface area contributed by atoms with Crippen molar-refractivity contribution in [3.8, 4) is 0 Å². The van der Waals surface area contributed by atoms with E-state index in [-0.39, 0.29) is 5.91 Å². The molecule has 1 atom stereocenters. The van der Waals surface area contributed by atoms with Crippen LogP contribution in [0.25, 0.3) is 0 Å². The molecule has 27 heavy (non-hydrogen) atoms. The SMILES string of the molecule is CC[C@H](C(=O)Nc1ccc(C)cc1C)N(c1ccc(C)c(Cl)c1)S(C)(=O)=O. The van der Waals surface area contributed by atoms with Gasteiger partial charge in [0.1, 0.15) is 6.04 Å². The predicted molar refractivity (Wildman–Crippen MR) is 112 cm³/mol. The van der Waals surface area contributed by atoms with E-state index in [1.807, 2.05) is 39.0 Å². The first-order valence-corrected chi connectivity index (χ1v) is 10.9. The van der Waals surface area contributed by atoms with Crippen molar-refractivity contribution < 1.29 is 13.2 Å². The Hall–Kier alpha value is -2.05. The molecule has 2 aromatic carbocycles. The molecule has 146 valence electrons. The van der Waals surface area contributed by atoms with Crippen molar-refractivity contribution in [2.45, 2.75) is 40.2 Å². The summed E-state index contributed by atoms with van der Waals surface area (Å²) >= 11 is 6.18. The van der Waals surface area contributed by atoms with Crippen LogP contribution in [0.1, 0.15) is 30.0 Å². The molecule has 1 N–H and O–H groups in total. The van der Waals surface area contributed by atoms with Crippen LogP contribution in [0.2, 0.25) is 5.02 Å². The zero-order valence-electron chi connectivity index (χ0n) is 16.2. The summed E-state index contributed by atoms with van der Waals surface area (Å²) in [6, 6.07) is 9.77. The van der Waals surface area contributed by atoms with Gasteiger partial charge in [0, 0.05) is 10.7 Å². The van der Waals surface area contributed by atoms with Crippen LogP contribution in [-0.2, 0) is 14.8 Å². The average molecular weight is 409 g/mol. The molecular formula is C20H25ClN2O3S. The molecule has 0 saturated heterocycles. The number of sulfonamides is 1. The Morgan fingerprint density at radius 2 is 1.78 bits per heavy atom. The van der Waals surface area contributed by atoms with E-state index in [1.165, 1.54) is 0 Å². The topological polar surface area (TPSA) is 66.5 Å². The van der Waals surface area contributed by atoms with E-state index in [9.17, 15) is 13.2 Å². The molecule has 0 bridgehead atoms. The van der Waals surface area contributed by atoms with E-state index in [2.05, 4.69) is 5.32 Å². The molecule has 0 saturated carbocycles. The number of carbonyl (C=O) groups excluding carboxylic acids is 1. The molecule has 5 nitrogen and oxygen atoms in total. The van der Waals surface area contributed by atoms with Gasteiger partial charge in [-0.2, -0.15) is 0 Å². The van der Waals surface area contributed by atoms with E-state index in [0.717, 1.165) is 27.3 Å². The van der Waals surface area contributed by atoms with Gasteiger partial charge in [0.05, 0.1) is 11.9 Å². The third kappa shape index (κ3) is 5.02. The number of hydrogen-bond donors (Lipinski definition) is 1. The van der Waals surface area contributed by atoms with Gasteiger partial charge in [-0.1, -0.05) is 42.3 Å². The first kappa shape index (κ1) is 21.3. The van der Waals surface area contributed by atoms with Crippen LogP contribution in [0.15, 0.2) is 36.4 Å². The highest BCUT2D eigenvalue weighted by atomic mass is 35.5. The number of carbonyl (C=O) groups is 1. The van der Waals surface area contributed by atoms with Gasteiger partial charge in [0.2, 0.25) is 15.9 Å². The zero-order valence-corrected chi connectivity index (χ0v) is 17.8. The minimum absolute atomic E-state index is 0.315. The molecule has 0 fully saturated rings. The second-order valence-electron chi connectivity index (χ2n) is 6.72. The summed E-state index contributed by atoms with van der Waals surface area (Å²) in [7, 11) is -3.70. The Morgan fingerprint density at radius 1 is 1.11 bits per heavy atom. The summed E-state index contributed by atoms with van der Waals surface area (Å²) < 4.78 is 26.1. The number of anilines is 2. The molecule has 0 spiro atoms. The average Bonchev–Trinajstić information content (AvgIpc) is 2.56. The van der Waals surface area contributed by atoms with Gasteiger partial charge in [-0.15, -0.1) is 0 Å². The number of hydrogen-bond acceptors (Lipinski definition) is 3. The van der Waals surface area contributed by atoms with Gasteiger partial charge in [0.25, 0.3) is 0 Å². The highest BCUT2D eigenvalue weighted by Crippen LogP contribution is 2.28. The fraction of sp³-hybridized carbons (Fsp3) is 0.350. The molecule has 7 heteroatoms. The van der Waals surface area contributed by atoms with Crippen LogP contribution in [0, 0.1) is 20.8 Å². The van der Waals surface area contributed by atoms with E-state index in [1.54, 1.807) is 25.1 Å². The maximum atomic E-state index is 12.9. The number of amides is 1. The van der Waals surface area contributed by atoms with Crippen molar-refractivity contribution in [1.29, 1.82) is 0 Å². The van der Waals surface area contributed by atoms with E-state index < -0.39 is 16.1 Å². The molecular weight excluding hydrogens is 384 g/mol. The van der Waals surface area contributed by atoms with Gasteiger partial charge in [-0.25, -0.2) is 8.42 Å². The fourth-order valence-electron chi connectivity index (χ4n) is 2.95. The first-order valence-electron chi connectivity index (χ1n) is 8.68. The normalized spacial score (nSPS) is 12.5. The first-order chi connectivity index (χ1) is 12.5. The predicted octanol–water partition coefficient (Wildman–Crippen LogP) is 4.45. The highest BCUT2D eigenvalue weighted by molar-refractivity contribution is 7.92. The number of rotatable bonds is 6. The summed E-state index contributed by atoms with van der Waals surface area (Å²) in [6.07, 6.45) is 1.41. The lowest BCUT2D eigenvalue weighted by Gasteiger charge is -2.30. The number of aryl methyl sites for hydroxylation is 3. The third-order valence-corrected chi connectivity index (χ3v) is 5.97. The van der Waals surface area contributed by atoms with E-state index >= 15 is 0 Å². The Balaban J connectivity index is 2.42. The molecule has 1 amide bonds. The van der Waals surface area contributed by atoms with Crippen molar-refractivity contribution >= 4 is 38.9 Å². The number of halogens is 1. The lowest BCUT2D eigenvalue weighted by atomic mass is 10.1. The Morgan fingerprint density at radius 3 is 2.30 bits per heavy atom. The number of nitrogens with one attached hydrogen (secondary N) is 1. The molecule has 2 rings (SSSR count). The molecule has 2 aromatic rings. The quantitative estimate of drug-likeness (QED) is 0.767. The van der Waals surface area contributed by atoms with Crippen LogP contribution < -0.4 is 9.62 Å². The smallest absolute Gasteiger partial charge is 0.248 e. The van der Waals surface area contributed by atoms with E-state index in [4.69, 9.17) is 11.6 Å². The van der Waals surface area contributed by atoms with Crippen molar-refractivity contribution in [3.63, 3.8) is 0 Å². The van der Waals surface area contributed by atoms with Crippen molar-refractivity contribution in [1.82, 2.24) is 0 Å². The van der Waals surface area contributed by atoms with E-state index in [0.29, 0.717) is 22.8 Å². The molecule has 0 heterocycles. The molecule has 0 aliphatic carbocycles. The van der Waals surface area contributed by atoms with Gasteiger partial charge in [-0.05, 0) is 56.5 Å². The Kier molecular flexibility index (Phi) is 6.54. The van der Waals surface area contributed by atoms with Gasteiger partial charge >= 0.3 is 0 Å². The second-order valence-corrected chi connectivity index (χ2v) is 8.99. The van der Waals surface area contributed by atoms with Crippen molar-refractivity contribution in [2.75, 3.05) is 15.9 Å². The van der Waals surface area contributed by atoms with Crippen molar-refractivity contribution in [2.24, 2.45) is 0 Å². The molecule has 0 aliphatic heterocycles. The van der Waals surface area contributed by atoms with Crippen molar-refractivity contribution in [3.05, 3.63) is 58.1 Å². The fourth-order valence-corrected chi connectivity index (χ4v) is 4.33. The van der Waals surface area contributed by atoms with Crippen LogP contribution in [0.5, 0.6) is 0 Å². The van der Waals surface area contributed by atoms with Gasteiger partial charge in [0.15, 0.2) is 0 Å². The van der Waals surface area contributed by atoms with Crippen LogP contribution in [0.3, 0.4) is 0 Å². The third-order valence-electron chi connectivity index (χ3n) is 4.38. The summed E-state index contributed by atoms with van der Waals surface area (Å²) in [6.45, 7) is 7.49. The Bertz CT molecular complexity index is 958.